The van der Waals surface area contributed by atoms with Crippen molar-refractivity contribution in [2.45, 2.75) is 76.6 Å². The number of carbonyl (C=O) groups excluding carboxylic acids is 1. The monoisotopic (exact) mass is 762 g/mol. The number of carboxylic acid groups (broad SMARTS) is 1. The van der Waals surface area contributed by atoms with E-state index in [9.17, 15) is 49.1 Å². The van der Waals surface area contributed by atoms with Crippen LogP contribution >= 0.6 is 0 Å². The maximum atomic E-state index is 13.8. The predicted molar refractivity (Wildman–Crippen MR) is 167 cm³/mol. The van der Waals surface area contributed by atoms with Gasteiger partial charge in [-0.2, -0.15) is 39.5 Å². The summed E-state index contributed by atoms with van der Waals surface area (Å²) in [6.07, 6.45) is -15.3. The van der Waals surface area contributed by atoms with Crippen molar-refractivity contribution in [2.75, 3.05) is 23.4 Å². The van der Waals surface area contributed by atoms with Gasteiger partial charge in [-0.15, -0.1) is 0 Å². The summed E-state index contributed by atoms with van der Waals surface area (Å²) >= 11 is 0. The summed E-state index contributed by atoms with van der Waals surface area (Å²) in [5.74, 6) is -1.56. The molecule has 0 unspecified atom stereocenters. The Bertz CT molecular complexity index is 1670. The van der Waals surface area contributed by atoms with Crippen LogP contribution in [0.4, 0.5) is 55.9 Å². The van der Waals surface area contributed by atoms with E-state index in [0.29, 0.717) is 18.6 Å². The average molecular weight is 763 g/mol. The molecule has 0 bridgehead atoms. The molecule has 3 aromatic rings. The Labute approximate surface area is 328 Å². The molecule has 0 spiro atoms. The number of halogens is 9. The number of aliphatic carboxylic acids is 1. The second-order valence-corrected chi connectivity index (χ2v) is 11.3. The number of benzene rings is 2. The van der Waals surface area contributed by atoms with Gasteiger partial charge in [-0.05, 0) is 73.7 Å². The van der Waals surface area contributed by atoms with E-state index in [1.54, 1.807) is 13.8 Å². The van der Waals surface area contributed by atoms with E-state index in [1.807, 2.05) is 0 Å². The topological polar surface area (TPSA) is 114 Å². The molecule has 0 saturated carbocycles. The summed E-state index contributed by atoms with van der Waals surface area (Å²) < 4.78 is 133. The number of rotatable bonds is 11. The number of amides is 1. The normalized spacial score (nSPS) is 16.2. The Morgan fingerprint density at radius 3 is 2.12 bits per heavy atom. The van der Waals surface area contributed by atoms with Crippen LogP contribution in [-0.4, -0.2) is 97.8 Å². The molecular weight excluding hydrogens is 730 g/mol. The quantitative estimate of drug-likeness (QED) is 0.115. The Morgan fingerprint density at radius 2 is 1.57 bits per heavy atom. The molecule has 2 aromatic carbocycles. The number of nitrogens with one attached hydrogen (secondary N) is 1. The van der Waals surface area contributed by atoms with Gasteiger partial charge < -0.3 is 19.9 Å². The fourth-order valence-electron chi connectivity index (χ4n) is 5.46. The van der Waals surface area contributed by atoms with Crippen molar-refractivity contribution >= 4 is 75.1 Å². The standard InChI is InChI=1S/C32H31F9N4O5.K.H/c1-3-21-15-23(22-14-18(30(33,34)35)7-8-25(22)45(21)29(48)49-4-2)43-28-42-16-26(50-9-5-6-27(46)47)24(44-28)12-17-10-19(31(36,37)38)13-20(11-17)32(39,40)41;;/h7-8,10-11,13-14,16,21,23H,3-6,9,12,15H2,1-2H3,(H,46,47)(H,42,43,44);;/t21-,23+;;/m1../s1. The molecule has 0 fully saturated rings. The summed E-state index contributed by atoms with van der Waals surface area (Å²) in [5, 5.41) is 11.8. The van der Waals surface area contributed by atoms with Gasteiger partial charge in [0, 0.05) is 18.9 Å². The number of aromatic nitrogens is 2. The molecule has 19 heteroatoms. The zero-order valence-corrected chi connectivity index (χ0v) is 26.5. The predicted octanol–water partition coefficient (Wildman–Crippen LogP) is 8.02. The van der Waals surface area contributed by atoms with Crippen molar-refractivity contribution < 1.29 is 63.7 Å². The van der Waals surface area contributed by atoms with E-state index in [4.69, 9.17) is 14.6 Å². The number of carboxylic acids is 1. The van der Waals surface area contributed by atoms with Crippen LogP contribution in [0.2, 0.25) is 0 Å². The summed E-state index contributed by atoms with van der Waals surface area (Å²) in [4.78, 5) is 33.5. The fraction of sp³-hybridized carbons (Fsp3) is 0.438. The van der Waals surface area contributed by atoms with E-state index in [-0.39, 0.29) is 119 Å². The molecule has 4 rings (SSSR count). The summed E-state index contributed by atoms with van der Waals surface area (Å²) in [6.45, 7) is 3.10. The van der Waals surface area contributed by atoms with Gasteiger partial charge in [0.15, 0.2) is 5.75 Å². The number of anilines is 2. The van der Waals surface area contributed by atoms with Gasteiger partial charge >= 0.3 is 82.0 Å². The third-order valence-corrected chi connectivity index (χ3v) is 7.74. The van der Waals surface area contributed by atoms with E-state index in [2.05, 4.69) is 15.3 Å². The minimum atomic E-state index is -5.12. The summed E-state index contributed by atoms with van der Waals surface area (Å²) in [5.41, 5.74) is -4.62. The molecule has 1 aliphatic rings. The Hall–Kier alpha value is -3.13. The van der Waals surface area contributed by atoms with E-state index in [0.717, 1.165) is 24.4 Å². The van der Waals surface area contributed by atoms with Crippen molar-refractivity contribution in [1.82, 2.24) is 9.97 Å². The molecule has 0 saturated heterocycles. The molecule has 9 nitrogen and oxygen atoms in total. The van der Waals surface area contributed by atoms with E-state index in [1.165, 1.54) is 4.90 Å². The number of nitrogens with zero attached hydrogens (tertiary/aromatic N) is 3. The maximum absolute atomic E-state index is 13.8. The van der Waals surface area contributed by atoms with Crippen molar-refractivity contribution in [2.24, 2.45) is 0 Å². The van der Waals surface area contributed by atoms with Crippen molar-refractivity contribution in [1.29, 1.82) is 0 Å². The van der Waals surface area contributed by atoms with Crippen LogP contribution < -0.4 is 15.0 Å². The first-order valence-electron chi connectivity index (χ1n) is 15.2. The number of alkyl halides is 9. The van der Waals surface area contributed by atoms with Gasteiger partial charge in [-0.1, -0.05) is 6.92 Å². The minimum absolute atomic E-state index is 0. The Morgan fingerprint density at radius 1 is 0.941 bits per heavy atom. The van der Waals surface area contributed by atoms with Crippen LogP contribution in [0.25, 0.3) is 0 Å². The van der Waals surface area contributed by atoms with Crippen molar-refractivity contribution in [3.63, 3.8) is 0 Å². The number of carbonyl (C=O) groups is 2. The first-order chi connectivity index (χ1) is 23.3. The average Bonchev–Trinajstić information content (AvgIpc) is 3.02. The molecule has 2 atom stereocenters. The molecule has 1 aliphatic heterocycles. The number of hydrogen-bond acceptors (Lipinski definition) is 7. The number of hydrogen-bond donors (Lipinski definition) is 2. The van der Waals surface area contributed by atoms with Crippen LogP contribution in [0.15, 0.2) is 42.6 Å². The molecule has 274 valence electrons. The number of fused-ring (bicyclic) bond motifs is 1. The van der Waals surface area contributed by atoms with Crippen LogP contribution in [0.1, 0.15) is 79.1 Å². The summed E-state index contributed by atoms with van der Waals surface area (Å²) in [6, 6.07) is 2.29. The molecule has 0 aliphatic carbocycles. The molecule has 1 amide bonds. The number of ether oxygens (including phenoxy) is 2. The Balaban J connectivity index is 0.00000702. The molecular formula is C32H32F9KN4O5. The van der Waals surface area contributed by atoms with Crippen LogP contribution in [0.3, 0.4) is 0 Å². The van der Waals surface area contributed by atoms with Gasteiger partial charge in [0.05, 0.1) is 53.5 Å². The van der Waals surface area contributed by atoms with Gasteiger partial charge in [0.1, 0.15) is 0 Å². The summed E-state index contributed by atoms with van der Waals surface area (Å²) in [7, 11) is 0. The zero-order chi connectivity index (χ0) is 37.0. The SMILES string of the molecule is CCOC(=O)N1c2ccc(C(F)(F)F)cc2[C@@H](Nc2ncc(OCCCC(=O)O)c(Cc3cc(C(F)(F)F)cc(C(F)(F)F)c3)n2)C[C@H]1CC.[KH]. The fourth-order valence-corrected chi connectivity index (χ4v) is 5.46. The van der Waals surface area contributed by atoms with Gasteiger partial charge in [0.2, 0.25) is 5.95 Å². The van der Waals surface area contributed by atoms with Crippen LogP contribution in [0.5, 0.6) is 5.75 Å². The molecule has 2 N–H and O–H groups in total. The first kappa shape index (κ1) is 42.3. The van der Waals surface area contributed by atoms with E-state index >= 15 is 0 Å². The first-order valence-corrected chi connectivity index (χ1v) is 15.2. The third kappa shape index (κ3) is 10.9. The van der Waals surface area contributed by atoms with E-state index < -0.39 is 71.3 Å². The molecule has 2 heterocycles. The van der Waals surface area contributed by atoms with Crippen molar-refractivity contribution in [3.05, 3.63) is 76.1 Å². The van der Waals surface area contributed by atoms with Gasteiger partial charge in [0.25, 0.3) is 0 Å². The second-order valence-electron chi connectivity index (χ2n) is 11.3. The van der Waals surface area contributed by atoms with Gasteiger partial charge in [-0.25, -0.2) is 14.8 Å². The molecule has 0 radical (unpaired) electrons. The second kappa shape index (κ2) is 17.1. The molecule has 1 aromatic heterocycles. The Kier molecular flexibility index (Phi) is 14.2. The van der Waals surface area contributed by atoms with Crippen LogP contribution in [0, 0.1) is 0 Å². The molecule has 51 heavy (non-hydrogen) atoms. The van der Waals surface area contributed by atoms with Crippen molar-refractivity contribution in [3.8, 4) is 5.75 Å². The zero-order valence-electron chi connectivity index (χ0n) is 26.5. The van der Waals surface area contributed by atoms with Gasteiger partial charge in [-0.3, -0.25) is 9.69 Å². The third-order valence-electron chi connectivity index (χ3n) is 7.74. The van der Waals surface area contributed by atoms with Crippen LogP contribution in [-0.2, 0) is 34.5 Å².